The summed E-state index contributed by atoms with van der Waals surface area (Å²) in [5, 5.41) is 5.66. The molecule has 4 rings (SSSR count). The van der Waals surface area contributed by atoms with E-state index in [9.17, 15) is 13.2 Å². The van der Waals surface area contributed by atoms with Gasteiger partial charge in [-0.1, -0.05) is 11.8 Å². The van der Waals surface area contributed by atoms with Crippen molar-refractivity contribution < 1.29 is 13.2 Å². The fourth-order valence-electron chi connectivity index (χ4n) is 2.88. The smallest absolute Gasteiger partial charge is 0.264 e. The van der Waals surface area contributed by atoms with Crippen molar-refractivity contribution in [2.45, 2.75) is 18.2 Å². The van der Waals surface area contributed by atoms with Gasteiger partial charge >= 0.3 is 0 Å². The summed E-state index contributed by atoms with van der Waals surface area (Å²) in [5.74, 6) is -0.165. The maximum absolute atomic E-state index is 12.5. The zero-order valence-corrected chi connectivity index (χ0v) is 17.1. The summed E-state index contributed by atoms with van der Waals surface area (Å²) in [4.78, 5) is 26.7. The van der Waals surface area contributed by atoms with E-state index in [1.807, 2.05) is 10.3 Å². The average molecular weight is 431 g/mol. The molecule has 3 heterocycles. The maximum Gasteiger partial charge on any atom is 0.264 e. The third-order valence-electron chi connectivity index (χ3n) is 4.26. The summed E-state index contributed by atoms with van der Waals surface area (Å²) >= 11 is 1.53. The maximum atomic E-state index is 12.5. The van der Waals surface area contributed by atoms with Crippen molar-refractivity contribution >= 4 is 44.5 Å². The van der Waals surface area contributed by atoms with Gasteiger partial charge in [-0.25, -0.2) is 23.1 Å². The normalized spacial score (nSPS) is 15.6. The molecule has 9 nitrogen and oxygen atoms in total. The zero-order valence-electron chi connectivity index (χ0n) is 15.5. The van der Waals surface area contributed by atoms with Crippen LogP contribution < -0.4 is 10.0 Å². The van der Waals surface area contributed by atoms with Gasteiger partial charge in [0.1, 0.15) is 0 Å². The predicted molar refractivity (Wildman–Crippen MR) is 112 cm³/mol. The van der Waals surface area contributed by atoms with E-state index >= 15 is 0 Å². The number of carbonyl (C=O) groups is 1. The van der Waals surface area contributed by atoms with Crippen LogP contribution in [0, 0.1) is 6.92 Å². The molecule has 2 aliphatic rings. The number of sulfonamides is 1. The number of benzene rings is 1. The molecule has 2 N–H and O–H groups in total. The lowest BCUT2D eigenvalue weighted by Crippen LogP contribution is -2.24. The molecule has 0 fully saturated rings. The summed E-state index contributed by atoms with van der Waals surface area (Å²) in [6.45, 7) is 3.29. The highest BCUT2D eigenvalue weighted by Crippen LogP contribution is 2.31. The molecule has 0 aliphatic carbocycles. The Hall–Kier alpha value is -2.92. The van der Waals surface area contributed by atoms with Crippen LogP contribution in [-0.4, -0.2) is 47.5 Å². The first-order valence-electron chi connectivity index (χ1n) is 8.81. The lowest BCUT2D eigenvalue weighted by molar-refractivity contribution is -0.115. The van der Waals surface area contributed by atoms with E-state index < -0.39 is 10.0 Å². The number of rotatable bonds is 6. The summed E-state index contributed by atoms with van der Waals surface area (Å²) < 4.78 is 27.3. The quantitative estimate of drug-likeness (QED) is 0.721. The molecule has 1 amide bonds. The number of thioether (sulfide) groups is 1. The second-order valence-corrected chi connectivity index (χ2v) is 8.94. The molecular weight excluding hydrogens is 412 g/mol. The Kier molecular flexibility index (Phi) is 5.24. The number of hydrogen-bond acceptors (Lipinski definition) is 8. The van der Waals surface area contributed by atoms with Crippen molar-refractivity contribution in [3.63, 3.8) is 0 Å². The molecular formula is C18H18N6O3S2. The minimum Gasteiger partial charge on any atom is -0.326 e. The van der Waals surface area contributed by atoms with Crippen molar-refractivity contribution in [1.29, 1.82) is 0 Å². The number of nitrogens with zero attached hydrogens (tertiary/aromatic N) is 4. The van der Waals surface area contributed by atoms with Crippen LogP contribution in [0.3, 0.4) is 0 Å². The monoisotopic (exact) mass is 430 g/mol. The van der Waals surface area contributed by atoms with E-state index in [1.54, 1.807) is 25.1 Å². The van der Waals surface area contributed by atoms with Crippen molar-refractivity contribution in [2.75, 3.05) is 23.1 Å². The van der Waals surface area contributed by atoms with E-state index in [1.165, 1.54) is 30.1 Å². The van der Waals surface area contributed by atoms with Gasteiger partial charge < -0.3 is 10.2 Å². The first-order chi connectivity index (χ1) is 13.9. The van der Waals surface area contributed by atoms with Crippen LogP contribution in [0.1, 0.15) is 12.1 Å². The Labute approximate surface area is 172 Å². The summed E-state index contributed by atoms with van der Waals surface area (Å²) in [5.41, 5.74) is 2.09. The molecule has 150 valence electrons. The van der Waals surface area contributed by atoms with Crippen molar-refractivity contribution in [1.82, 2.24) is 14.9 Å². The van der Waals surface area contributed by atoms with Gasteiger partial charge in [-0.2, -0.15) is 0 Å². The third kappa shape index (κ3) is 4.40. The van der Waals surface area contributed by atoms with Crippen LogP contribution in [0.15, 0.2) is 57.5 Å². The lowest BCUT2D eigenvalue weighted by Gasteiger charge is -2.16. The van der Waals surface area contributed by atoms with E-state index in [0.717, 1.165) is 24.0 Å². The van der Waals surface area contributed by atoms with Crippen molar-refractivity contribution in [3.05, 3.63) is 53.3 Å². The third-order valence-corrected chi connectivity index (χ3v) is 6.55. The predicted octanol–water partition coefficient (Wildman–Crippen LogP) is 2.17. The Morgan fingerprint density at radius 2 is 2.03 bits per heavy atom. The largest absolute Gasteiger partial charge is 0.326 e. The number of amides is 1. The van der Waals surface area contributed by atoms with Crippen LogP contribution in [0.25, 0.3) is 0 Å². The number of carbonyl (C=O) groups excluding carboxylic acids is 1. The molecule has 1 aromatic heterocycles. The van der Waals surface area contributed by atoms with Crippen LogP contribution in [0.2, 0.25) is 0 Å². The molecule has 0 unspecified atom stereocenters. The summed E-state index contributed by atoms with van der Waals surface area (Å²) in [6, 6.07) is 7.61. The fraction of sp³-hybridized carbons (Fsp3) is 0.222. The number of aliphatic imine (C=N–C) groups is 1. The van der Waals surface area contributed by atoms with Gasteiger partial charge in [0.25, 0.3) is 10.0 Å². The first kappa shape index (κ1) is 19.4. The van der Waals surface area contributed by atoms with E-state index in [2.05, 4.69) is 25.0 Å². The van der Waals surface area contributed by atoms with Gasteiger partial charge in [-0.15, -0.1) is 0 Å². The molecule has 0 saturated carbocycles. The van der Waals surface area contributed by atoms with Gasteiger partial charge in [0.2, 0.25) is 11.9 Å². The topological polar surface area (TPSA) is 117 Å². The molecule has 29 heavy (non-hydrogen) atoms. The molecule has 0 bridgehead atoms. The SMILES string of the molecule is Cc1ccnc(NS(=O)(=O)c2ccc(NC(=O)CC3=CSC4=NCCN34)cc2)n1. The Balaban J connectivity index is 1.38. The summed E-state index contributed by atoms with van der Waals surface area (Å²) in [7, 11) is -3.82. The molecule has 0 radical (unpaired) electrons. The second-order valence-electron chi connectivity index (χ2n) is 6.42. The second kappa shape index (κ2) is 7.84. The fourth-order valence-corrected chi connectivity index (χ4v) is 4.78. The number of aromatic nitrogens is 2. The van der Waals surface area contributed by atoms with Gasteiger partial charge in [0.15, 0.2) is 5.17 Å². The first-order valence-corrected chi connectivity index (χ1v) is 11.2. The Morgan fingerprint density at radius 3 is 2.79 bits per heavy atom. The number of aryl methyl sites for hydroxylation is 1. The minimum absolute atomic E-state index is 0.00917. The van der Waals surface area contributed by atoms with Gasteiger partial charge in [0.05, 0.1) is 17.9 Å². The number of amidine groups is 1. The number of fused-ring (bicyclic) bond motifs is 1. The van der Waals surface area contributed by atoms with E-state index in [0.29, 0.717) is 11.4 Å². The molecule has 2 aromatic rings. The zero-order chi connectivity index (χ0) is 20.4. The molecule has 0 atom stereocenters. The van der Waals surface area contributed by atoms with Crippen LogP contribution in [0.5, 0.6) is 0 Å². The van der Waals surface area contributed by atoms with Gasteiger partial charge in [-0.3, -0.25) is 9.79 Å². The lowest BCUT2D eigenvalue weighted by atomic mass is 10.2. The van der Waals surface area contributed by atoms with Crippen LogP contribution >= 0.6 is 11.8 Å². The van der Waals surface area contributed by atoms with Gasteiger partial charge in [0, 0.05) is 29.8 Å². The molecule has 11 heteroatoms. The average Bonchev–Trinajstić information content (AvgIpc) is 3.27. The molecule has 2 aliphatic heterocycles. The number of anilines is 2. The number of nitrogens with one attached hydrogen (secondary N) is 2. The van der Waals surface area contributed by atoms with Crippen molar-refractivity contribution in [2.24, 2.45) is 4.99 Å². The Bertz CT molecular complexity index is 1110. The standard InChI is InChI=1S/C18H18N6O3S2/c1-12-6-7-19-17(21-12)23-29(26,27)15-4-2-13(3-5-15)22-16(25)10-14-11-28-18-20-8-9-24(14)18/h2-7,11H,8-10H2,1H3,(H,22,25)(H,19,21,23). The number of hydrogen-bond donors (Lipinski definition) is 2. The highest BCUT2D eigenvalue weighted by molar-refractivity contribution is 8.16. The van der Waals surface area contributed by atoms with Gasteiger partial charge in [-0.05, 0) is 42.7 Å². The molecule has 0 saturated heterocycles. The van der Waals surface area contributed by atoms with Crippen LogP contribution in [-0.2, 0) is 14.8 Å². The molecule has 0 spiro atoms. The highest BCUT2D eigenvalue weighted by Gasteiger charge is 2.27. The van der Waals surface area contributed by atoms with E-state index in [4.69, 9.17) is 0 Å². The Morgan fingerprint density at radius 1 is 1.24 bits per heavy atom. The van der Waals surface area contributed by atoms with E-state index in [-0.39, 0.29) is 23.2 Å². The van der Waals surface area contributed by atoms with Crippen molar-refractivity contribution in [3.8, 4) is 0 Å². The molecule has 1 aromatic carbocycles. The summed E-state index contributed by atoms with van der Waals surface area (Å²) in [6.07, 6.45) is 1.71. The van der Waals surface area contributed by atoms with Crippen LogP contribution in [0.4, 0.5) is 11.6 Å². The minimum atomic E-state index is -3.82. The highest BCUT2D eigenvalue weighted by atomic mass is 32.2.